The molecule has 0 heterocycles. The van der Waals surface area contributed by atoms with E-state index in [1.807, 2.05) is 0 Å². The largest absolute Gasteiger partial charge is 0.330 e. The van der Waals surface area contributed by atoms with Crippen LogP contribution in [0, 0.1) is 5.92 Å². The first kappa shape index (κ1) is 14.0. The molecule has 0 unspecified atom stereocenters. The molecule has 1 fully saturated rings. The molecule has 0 atom stereocenters. The summed E-state index contributed by atoms with van der Waals surface area (Å²) >= 11 is 0. The Hall–Kier alpha value is -0.0800. The maximum atomic E-state index is 5.48. The van der Waals surface area contributed by atoms with Crippen LogP contribution in [0.5, 0.6) is 0 Å². The standard InChI is InChI=1S/C14H30N2/c1-13(2)16(12-14-8-9-14)11-7-5-3-4-6-10-15/h13-14H,3-12,15H2,1-2H3. The number of hydrogen-bond donors (Lipinski definition) is 1. The predicted molar refractivity (Wildman–Crippen MR) is 71.6 cm³/mol. The van der Waals surface area contributed by atoms with E-state index in [-0.39, 0.29) is 0 Å². The van der Waals surface area contributed by atoms with Crippen LogP contribution in [0.25, 0.3) is 0 Å². The first-order valence-electron chi connectivity index (χ1n) is 7.18. The van der Waals surface area contributed by atoms with Gasteiger partial charge in [0.15, 0.2) is 0 Å². The van der Waals surface area contributed by atoms with Crippen molar-refractivity contribution in [2.24, 2.45) is 11.7 Å². The van der Waals surface area contributed by atoms with Gasteiger partial charge in [-0.1, -0.05) is 19.3 Å². The van der Waals surface area contributed by atoms with Gasteiger partial charge in [-0.2, -0.15) is 0 Å². The molecule has 0 aromatic heterocycles. The molecule has 0 spiro atoms. The third-order valence-corrected chi connectivity index (χ3v) is 3.57. The molecule has 0 saturated heterocycles. The quantitative estimate of drug-likeness (QED) is 0.580. The summed E-state index contributed by atoms with van der Waals surface area (Å²) in [6.07, 6.45) is 9.59. The fourth-order valence-corrected chi connectivity index (χ4v) is 2.18. The van der Waals surface area contributed by atoms with E-state index >= 15 is 0 Å². The molecule has 2 nitrogen and oxygen atoms in total. The number of unbranched alkanes of at least 4 members (excludes halogenated alkanes) is 4. The van der Waals surface area contributed by atoms with E-state index in [2.05, 4.69) is 18.7 Å². The van der Waals surface area contributed by atoms with Gasteiger partial charge in [-0.25, -0.2) is 0 Å². The Morgan fingerprint density at radius 2 is 1.69 bits per heavy atom. The lowest BCUT2D eigenvalue weighted by atomic mass is 10.1. The van der Waals surface area contributed by atoms with Gasteiger partial charge in [0.2, 0.25) is 0 Å². The van der Waals surface area contributed by atoms with E-state index in [4.69, 9.17) is 5.73 Å². The highest BCUT2D eigenvalue weighted by Crippen LogP contribution is 2.30. The zero-order valence-corrected chi connectivity index (χ0v) is 11.3. The Kier molecular flexibility index (Phi) is 7.06. The van der Waals surface area contributed by atoms with Crippen LogP contribution >= 0.6 is 0 Å². The summed E-state index contributed by atoms with van der Waals surface area (Å²) in [6.45, 7) is 8.17. The van der Waals surface area contributed by atoms with Gasteiger partial charge in [-0.15, -0.1) is 0 Å². The maximum Gasteiger partial charge on any atom is 0.00387 e. The van der Waals surface area contributed by atoms with Crippen LogP contribution < -0.4 is 5.73 Å². The lowest BCUT2D eigenvalue weighted by molar-refractivity contribution is 0.208. The van der Waals surface area contributed by atoms with E-state index in [9.17, 15) is 0 Å². The van der Waals surface area contributed by atoms with Crippen LogP contribution in [-0.4, -0.2) is 30.6 Å². The average Bonchev–Trinajstić information content (AvgIpc) is 3.05. The van der Waals surface area contributed by atoms with Gasteiger partial charge in [0.1, 0.15) is 0 Å². The molecule has 0 aromatic rings. The molecule has 16 heavy (non-hydrogen) atoms. The van der Waals surface area contributed by atoms with Crippen molar-refractivity contribution >= 4 is 0 Å². The zero-order valence-electron chi connectivity index (χ0n) is 11.3. The summed E-state index contributed by atoms with van der Waals surface area (Å²) < 4.78 is 0. The molecule has 1 aliphatic rings. The van der Waals surface area contributed by atoms with E-state index < -0.39 is 0 Å². The van der Waals surface area contributed by atoms with Crippen LogP contribution in [0.15, 0.2) is 0 Å². The fourth-order valence-electron chi connectivity index (χ4n) is 2.18. The minimum Gasteiger partial charge on any atom is -0.330 e. The maximum absolute atomic E-state index is 5.48. The van der Waals surface area contributed by atoms with Crippen LogP contribution in [0.2, 0.25) is 0 Å². The third-order valence-electron chi connectivity index (χ3n) is 3.57. The minimum atomic E-state index is 0.727. The molecule has 2 N–H and O–H groups in total. The van der Waals surface area contributed by atoms with Gasteiger partial charge in [0.05, 0.1) is 0 Å². The van der Waals surface area contributed by atoms with E-state index in [0.29, 0.717) is 0 Å². The molecule has 0 aliphatic heterocycles. The highest BCUT2D eigenvalue weighted by molar-refractivity contribution is 4.78. The summed E-state index contributed by atoms with van der Waals surface area (Å²) in [6, 6.07) is 0.727. The predicted octanol–water partition coefficient (Wildman–Crippen LogP) is 3.02. The second-order valence-corrected chi connectivity index (χ2v) is 5.59. The molecule has 0 bridgehead atoms. The first-order chi connectivity index (χ1) is 7.74. The van der Waals surface area contributed by atoms with Gasteiger partial charge < -0.3 is 10.6 Å². The topological polar surface area (TPSA) is 29.3 Å². The molecule has 1 rings (SSSR count). The first-order valence-corrected chi connectivity index (χ1v) is 7.18. The summed E-state index contributed by atoms with van der Waals surface area (Å²) in [5, 5.41) is 0. The Morgan fingerprint density at radius 3 is 2.25 bits per heavy atom. The SMILES string of the molecule is CC(C)N(CCCCCCCN)CC1CC1. The van der Waals surface area contributed by atoms with Gasteiger partial charge >= 0.3 is 0 Å². The smallest absolute Gasteiger partial charge is 0.00387 e. The molecular weight excluding hydrogens is 196 g/mol. The number of nitrogens with two attached hydrogens (primary N) is 1. The summed E-state index contributed by atoms with van der Waals surface area (Å²) in [4.78, 5) is 2.67. The zero-order chi connectivity index (χ0) is 11.8. The van der Waals surface area contributed by atoms with Gasteiger partial charge in [-0.05, 0) is 58.5 Å². The Labute approximate surface area is 102 Å². The summed E-state index contributed by atoms with van der Waals surface area (Å²) in [7, 11) is 0. The molecule has 96 valence electrons. The third kappa shape index (κ3) is 6.49. The summed E-state index contributed by atoms with van der Waals surface area (Å²) in [5.41, 5.74) is 5.48. The number of nitrogens with zero attached hydrogens (tertiary/aromatic N) is 1. The fraction of sp³-hybridized carbons (Fsp3) is 1.00. The number of rotatable bonds is 10. The molecule has 0 radical (unpaired) electrons. The molecule has 0 amide bonds. The van der Waals surface area contributed by atoms with Crippen molar-refractivity contribution in [1.82, 2.24) is 4.90 Å². The summed E-state index contributed by atoms with van der Waals surface area (Å²) in [5.74, 6) is 1.03. The van der Waals surface area contributed by atoms with Gasteiger partial charge in [0, 0.05) is 12.6 Å². The van der Waals surface area contributed by atoms with E-state index in [1.54, 1.807) is 0 Å². The van der Waals surface area contributed by atoms with Crippen molar-refractivity contribution in [2.45, 2.75) is 64.8 Å². The van der Waals surface area contributed by atoms with Crippen molar-refractivity contribution < 1.29 is 0 Å². The second kappa shape index (κ2) is 8.08. The van der Waals surface area contributed by atoms with Crippen molar-refractivity contribution in [3.05, 3.63) is 0 Å². The van der Waals surface area contributed by atoms with Crippen molar-refractivity contribution in [3.63, 3.8) is 0 Å². The molecule has 0 aromatic carbocycles. The highest BCUT2D eigenvalue weighted by atomic mass is 15.1. The van der Waals surface area contributed by atoms with Gasteiger partial charge in [-0.3, -0.25) is 0 Å². The van der Waals surface area contributed by atoms with Crippen molar-refractivity contribution in [3.8, 4) is 0 Å². The normalized spacial score (nSPS) is 16.3. The van der Waals surface area contributed by atoms with Crippen LogP contribution in [0.1, 0.15) is 58.8 Å². The van der Waals surface area contributed by atoms with E-state index in [0.717, 1.165) is 18.5 Å². The molecule has 2 heteroatoms. The Morgan fingerprint density at radius 1 is 1.06 bits per heavy atom. The van der Waals surface area contributed by atoms with Gasteiger partial charge in [0.25, 0.3) is 0 Å². The molecule has 1 saturated carbocycles. The lowest BCUT2D eigenvalue weighted by Crippen LogP contribution is -2.33. The van der Waals surface area contributed by atoms with Crippen LogP contribution in [0.4, 0.5) is 0 Å². The van der Waals surface area contributed by atoms with Crippen molar-refractivity contribution in [2.75, 3.05) is 19.6 Å². The minimum absolute atomic E-state index is 0.727. The number of hydrogen-bond acceptors (Lipinski definition) is 2. The van der Waals surface area contributed by atoms with Crippen LogP contribution in [0.3, 0.4) is 0 Å². The Bertz CT molecular complexity index is 164. The monoisotopic (exact) mass is 226 g/mol. The van der Waals surface area contributed by atoms with Crippen LogP contribution in [-0.2, 0) is 0 Å². The lowest BCUT2D eigenvalue weighted by Gasteiger charge is -2.26. The van der Waals surface area contributed by atoms with E-state index in [1.165, 1.54) is 58.0 Å². The molecule has 1 aliphatic carbocycles. The Balaban J connectivity index is 1.98. The second-order valence-electron chi connectivity index (χ2n) is 5.59. The average molecular weight is 226 g/mol. The molecular formula is C14H30N2. The highest BCUT2D eigenvalue weighted by Gasteiger charge is 2.24. The van der Waals surface area contributed by atoms with Crippen molar-refractivity contribution in [1.29, 1.82) is 0 Å².